The van der Waals surface area contributed by atoms with E-state index in [1.54, 1.807) is 0 Å². The summed E-state index contributed by atoms with van der Waals surface area (Å²) in [7, 11) is 0. The smallest absolute Gasteiger partial charge is 0.108 e. The van der Waals surface area contributed by atoms with Crippen LogP contribution in [0.25, 0.3) is 0 Å². The molecular formula is C24H29NO. The lowest BCUT2D eigenvalue weighted by Crippen LogP contribution is -2.45. The van der Waals surface area contributed by atoms with Crippen LogP contribution in [-0.4, -0.2) is 29.6 Å². The van der Waals surface area contributed by atoms with Gasteiger partial charge in [0.1, 0.15) is 6.10 Å². The lowest BCUT2D eigenvalue weighted by molar-refractivity contribution is -0.0457. The van der Waals surface area contributed by atoms with Crippen molar-refractivity contribution in [3.8, 4) is 0 Å². The van der Waals surface area contributed by atoms with E-state index < -0.39 is 0 Å². The van der Waals surface area contributed by atoms with Crippen molar-refractivity contribution < 1.29 is 4.74 Å². The molecule has 0 radical (unpaired) electrons. The highest BCUT2D eigenvalue weighted by atomic mass is 16.5. The van der Waals surface area contributed by atoms with Crippen LogP contribution in [0.1, 0.15) is 48.5 Å². The molecule has 2 heterocycles. The molecule has 26 heavy (non-hydrogen) atoms. The van der Waals surface area contributed by atoms with Gasteiger partial charge in [-0.3, -0.25) is 4.90 Å². The number of piperidine rings is 1. The monoisotopic (exact) mass is 347 g/mol. The van der Waals surface area contributed by atoms with Crippen molar-refractivity contribution >= 4 is 0 Å². The summed E-state index contributed by atoms with van der Waals surface area (Å²) in [6, 6.07) is 20.8. The van der Waals surface area contributed by atoms with Crippen LogP contribution in [0, 0.1) is 6.92 Å². The maximum atomic E-state index is 6.76. The number of aryl methyl sites for hydroxylation is 1. The molecule has 0 spiro atoms. The summed E-state index contributed by atoms with van der Waals surface area (Å²) < 4.78 is 6.76. The van der Waals surface area contributed by atoms with E-state index in [4.69, 9.17) is 4.74 Å². The first kappa shape index (κ1) is 17.5. The van der Waals surface area contributed by atoms with Crippen LogP contribution in [0.3, 0.4) is 0 Å². The van der Waals surface area contributed by atoms with Crippen molar-refractivity contribution in [2.45, 2.75) is 56.9 Å². The van der Waals surface area contributed by atoms with Crippen molar-refractivity contribution in [1.29, 1.82) is 0 Å². The van der Waals surface area contributed by atoms with E-state index in [2.05, 4.69) is 73.0 Å². The summed E-state index contributed by atoms with van der Waals surface area (Å²) in [5.41, 5.74) is 3.79. The molecule has 2 heteroatoms. The third kappa shape index (κ3) is 3.62. The molecule has 136 valence electrons. The fourth-order valence-electron chi connectivity index (χ4n) is 4.69. The predicted molar refractivity (Wildman–Crippen MR) is 107 cm³/mol. The number of benzene rings is 2. The standard InChI is InChI=1S/C24H29NO/c1-3-15-25-21-13-14-22(25)17-23(16-21)26-24(19-7-5-4-6-8-19)20-11-9-18(2)10-12-20/h3-12,21-24H,1,13-17H2,2H3/t21-,22+,23?,24?. The van der Waals surface area contributed by atoms with Crippen LogP contribution in [0.2, 0.25) is 0 Å². The number of fused-ring (bicyclic) bond motifs is 2. The van der Waals surface area contributed by atoms with Crippen molar-refractivity contribution in [2.75, 3.05) is 6.54 Å². The van der Waals surface area contributed by atoms with Crippen LogP contribution in [0.5, 0.6) is 0 Å². The first-order valence-corrected chi connectivity index (χ1v) is 9.88. The molecule has 2 fully saturated rings. The second kappa shape index (κ2) is 7.77. The van der Waals surface area contributed by atoms with Crippen LogP contribution < -0.4 is 0 Å². The first-order chi connectivity index (χ1) is 12.7. The molecule has 4 atom stereocenters. The Morgan fingerprint density at radius 2 is 1.62 bits per heavy atom. The Bertz CT molecular complexity index is 710. The molecular weight excluding hydrogens is 318 g/mol. The predicted octanol–water partition coefficient (Wildman–Crippen LogP) is 5.28. The van der Waals surface area contributed by atoms with E-state index in [1.165, 1.54) is 29.5 Å². The van der Waals surface area contributed by atoms with E-state index in [0.29, 0.717) is 18.2 Å². The SMILES string of the molecule is C=CCN1[C@@H]2CC[C@H]1CC(OC(c1ccccc1)c1ccc(C)cc1)C2. The van der Waals surface area contributed by atoms with E-state index in [1.807, 2.05) is 6.08 Å². The minimum absolute atomic E-state index is 0.0205. The number of nitrogens with zero attached hydrogens (tertiary/aromatic N) is 1. The quantitative estimate of drug-likeness (QED) is 0.659. The Labute approximate surface area is 157 Å². The molecule has 0 N–H and O–H groups in total. The van der Waals surface area contributed by atoms with Gasteiger partial charge in [0.05, 0.1) is 6.10 Å². The second-order valence-corrected chi connectivity index (χ2v) is 7.80. The summed E-state index contributed by atoms with van der Waals surface area (Å²) >= 11 is 0. The van der Waals surface area contributed by atoms with E-state index in [0.717, 1.165) is 19.4 Å². The van der Waals surface area contributed by atoms with Gasteiger partial charge in [0.15, 0.2) is 0 Å². The van der Waals surface area contributed by atoms with Gasteiger partial charge in [-0.2, -0.15) is 0 Å². The number of rotatable bonds is 6. The van der Waals surface area contributed by atoms with Gasteiger partial charge in [-0.25, -0.2) is 0 Å². The van der Waals surface area contributed by atoms with Gasteiger partial charge >= 0.3 is 0 Å². The molecule has 2 nitrogen and oxygen atoms in total. The average molecular weight is 348 g/mol. The van der Waals surface area contributed by atoms with Gasteiger partial charge in [-0.15, -0.1) is 6.58 Å². The molecule has 2 aromatic rings. The molecule has 0 aliphatic carbocycles. The third-order valence-corrected chi connectivity index (χ3v) is 5.99. The fraction of sp³-hybridized carbons (Fsp3) is 0.417. The zero-order valence-electron chi connectivity index (χ0n) is 15.7. The van der Waals surface area contributed by atoms with Crippen molar-refractivity contribution in [2.24, 2.45) is 0 Å². The molecule has 0 aromatic heterocycles. The molecule has 2 aliphatic heterocycles. The van der Waals surface area contributed by atoms with Gasteiger partial charge in [-0.05, 0) is 43.7 Å². The third-order valence-electron chi connectivity index (χ3n) is 5.99. The number of hydrogen-bond donors (Lipinski definition) is 0. The number of ether oxygens (including phenoxy) is 1. The van der Waals surface area contributed by atoms with Gasteiger partial charge in [0.25, 0.3) is 0 Å². The maximum Gasteiger partial charge on any atom is 0.108 e. The summed E-state index contributed by atoms with van der Waals surface area (Å²) in [4.78, 5) is 2.64. The minimum atomic E-state index is 0.0205. The minimum Gasteiger partial charge on any atom is -0.365 e. The Kier molecular flexibility index (Phi) is 5.23. The zero-order chi connectivity index (χ0) is 17.9. The Morgan fingerprint density at radius 3 is 2.23 bits per heavy atom. The first-order valence-electron chi connectivity index (χ1n) is 9.88. The topological polar surface area (TPSA) is 12.5 Å². The molecule has 0 saturated carbocycles. The summed E-state index contributed by atoms with van der Waals surface area (Å²) in [6.07, 6.45) is 7.29. The van der Waals surface area contributed by atoms with E-state index in [-0.39, 0.29) is 6.10 Å². The molecule has 0 amide bonds. The molecule has 2 aromatic carbocycles. The van der Waals surface area contributed by atoms with Gasteiger partial charge < -0.3 is 4.74 Å². The lowest BCUT2D eigenvalue weighted by Gasteiger charge is -2.39. The molecule has 2 saturated heterocycles. The molecule has 2 bridgehead atoms. The average Bonchev–Trinajstić information content (AvgIpc) is 2.90. The lowest BCUT2D eigenvalue weighted by atomic mass is 9.97. The Morgan fingerprint density at radius 1 is 1.00 bits per heavy atom. The maximum absolute atomic E-state index is 6.76. The summed E-state index contributed by atoms with van der Waals surface area (Å²) in [6.45, 7) is 7.08. The largest absolute Gasteiger partial charge is 0.365 e. The molecule has 2 unspecified atom stereocenters. The van der Waals surface area contributed by atoms with Gasteiger partial charge in [0, 0.05) is 18.6 Å². The molecule has 2 aliphatic rings. The van der Waals surface area contributed by atoms with Crippen LogP contribution in [-0.2, 0) is 4.74 Å². The van der Waals surface area contributed by atoms with Crippen molar-refractivity contribution in [3.05, 3.63) is 83.9 Å². The van der Waals surface area contributed by atoms with Crippen LogP contribution in [0.4, 0.5) is 0 Å². The van der Waals surface area contributed by atoms with Crippen LogP contribution >= 0.6 is 0 Å². The van der Waals surface area contributed by atoms with Crippen LogP contribution in [0.15, 0.2) is 67.3 Å². The number of hydrogen-bond acceptors (Lipinski definition) is 2. The zero-order valence-corrected chi connectivity index (χ0v) is 15.7. The van der Waals surface area contributed by atoms with E-state index >= 15 is 0 Å². The van der Waals surface area contributed by atoms with Gasteiger partial charge in [0.2, 0.25) is 0 Å². The normalized spacial score (nSPS) is 26.6. The van der Waals surface area contributed by atoms with Crippen molar-refractivity contribution in [1.82, 2.24) is 4.90 Å². The van der Waals surface area contributed by atoms with E-state index in [9.17, 15) is 0 Å². The fourth-order valence-corrected chi connectivity index (χ4v) is 4.69. The summed E-state index contributed by atoms with van der Waals surface area (Å²) in [5.74, 6) is 0. The highest BCUT2D eigenvalue weighted by molar-refractivity contribution is 5.32. The van der Waals surface area contributed by atoms with Crippen molar-refractivity contribution in [3.63, 3.8) is 0 Å². The highest BCUT2D eigenvalue weighted by Crippen LogP contribution is 2.39. The highest BCUT2D eigenvalue weighted by Gasteiger charge is 2.41. The van der Waals surface area contributed by atoms with Gasteiger partial charge in [-0.1, -0.05) is 66.2 Å². The summed E-state index contributed by atoms with van der Waals surface area (Å²) in [5, 5.41) is 0. The Balaban J connectivity index is 1.54. The molecule has 4 rings (SSSR count). The Hall–Kier alpha value is -1.90. The second-order valence-electron chi connectivity index (χ2n) is 7.80.